The van der Waals surface area contributed by atoms with Crippen molar-refractivity contribution in [1.82, 2.24) is 10.3 Å². The Balaban J connectivity index is 1.59. The standard InChI is InChI=1S/C36H36ClF3N4O3/c1-4-36(46,5-2)26-16-30(44-34(32(26)40)24-15-27(37)29(39)17-28(24)38)25(20-9-7-6-8-10-20)19-43-35(45)21-13-22(18-42-23-11-12-23)33(41)31(14-21)47-3/h6-10,13-18,23,25,46H,4-5,11-12,19,41H2,1-3H3,(H,43,45). The number of hydrogen-bond donors (Lipinski definition) is 3. The molecule has 1 aliphatic rings. The van der Waals surface area contributed by atoms with Gasteiger partial charge in [-0.15, -0.1) is 0 Å². The average molecular weight is 665 g/mol. The summed E-state index contributed by atoms with van der Waals surface area (Å²) in [6.45, 7) is 3.40. The van der Waals surface area contributed by atoms with E-state index in [0.717, 1.165) is 18.9 Å². The summed E-state index contributed by atoms with van der Waals surface area (Å²) in [5.74, 6) is -3.82. The number of anilines is 1. The van der Waals surface area contributed by atoms with Gasteiger partial charge in [-0.25, -0.2) is 18.2 Å². The molecule has 1 saturated carbocycles. The number of nitrogens with one attached hydrogen (secondary N) is 1. The first-order valence-corrected chi connectivity index (χ1v) is 15.8. The summed E-state index contributed by atoms with van der Waals surface area (Å²) >= 11 is 5.98. The van der Waals surface area contributed by atoms with Gasteiger partial charge in [0, 0.05) is 47.0 Å². The average Bonchev–Trinajstić information content (AvgIpc) is 3.91. The molecule has 0 radical (unpaired) electrons. The first kappa shape index (κ1) is 33.9. The molecule has 1 heterocycles. The molecule has 0 bridgehead atoms. The third kappa shape index (κ3) is 7.29. The van der Waals surface area contributed by atoms with Crippen LogP contribution >= 0.6 is 11.6 Å². The molecule has 47 heavy (non-hydrogen) atoms. The summed E-state index contributed by atoms with van der Waals surface area (Å²) in [5, 5.41) is 14.0. The van der Waals surface area contributed by atoms with Crippen LogP contribution in [0, 0.1) is 17.5 Å². The van der Waals surface area contributed by atoms with E-state index in [1.807, 2.05) is 18.2 Å². The van der Waals surface area contributed by atoms with Crippen LogP contribution in [-0.2, 0) is 5.60 Å². The molecule has 3 aromatic carbocycles. The maximum Gasteiger partial charge on any atom is 0.251 e. The van der Waals surface area contributed by atoms with Crippen LogP contribution in [-0.4, -0.2) is 41.9 Å². The Bertz CT molecular complexity index is 1810. The number of carbonyl (C=O) groups is 1. The number of rotatable bonds is 12. The van der Waals surface area contributed by atoms with E-state index in [0.29, 0.717) is 28.6 Å². The van der Waals surface area contributed by atoms with Crippen molar-refractivity contribution in [3.63, 3.8) is 0 Å². The van der Waals surface area contributed by atoms with Crippen LogP contribution in [0.3, 0.4) is 0 Å². The van der Waals surface area contributed by atoms with E-state index >= 15 is 8.78 Å². The highest BCUT2D eigenvalue weighted by Crippen LogP contribution is 2.39. The molecule has 1 amide bonds. The molecule has 1 fully saturated rings. The van der Waals surface area contributed by atoms with Crippen molar-refractivity contribution in [1.29, 1.82) is 0 Å². The summed E-state index contributed by atoms with van der Waals surface area (Å²) in [7, 11) is 1.46. The van der Waals surface area contributed by atoms with Gasteiger partial charge in [-0.1, -0.05) is 55.8 Å². The van der Waals surface area contributed by atoms with Crippen molar-refractivity contribution < 1.29 is 27.8 Å². The molecular formula is C36H36ClF3N4O3. The van der Waals surface area contributed by atoms with Crippen LogP contribution in [0.4, 0.5) is 18.9 Å². The second-order valence-electron chi connectivity index (χ2n) is 11.6. The smallest absolute Gasteiger partial charge is 0.251 e. The number of pyridine rings is 1. The number of hydrogen-bond acceptors (Lipinski definition) is 6. The lowest BCUT2D eigenvalue weighted by atomic mass is 9.85. The molecule has 11 heteroatoms. The summed E-state index contributed by atoms with van der Waals surface area (Å²) in [4.78, 5) is 22.6. The lowest BCUT2D eigenvalue weighted by molar-refractivity contribution is 0.0247. The maximum absolute atomic E-state index is 16.3. The molecular weight excluding hydrogens is 629 g/mol. The summed E-state index contributed by atoms with van der Waals surface area (Å²) in [6.07, 6.45) is 3.95. The van der Waals surface area contributed by atoms with Crippen molar-refractivity contribution in [3.8, 4) is 17.0 Å². The highest BCUT2D eigenvalue weighted by molar-refractivity contribution is 6.31. The molecule has 0 spiro atoms. The van der Waals surface area contributed by atoms with Gasteiger partial charge >= 0.3 is 0 Å². The number of aliphatic imine (C=N–C) groups is 1. The molecule has 4 aromatic rings. The third-order valence-corrected chi connectivity index (χ3v) is 8.86. The Morgan fingerprint density at radius 1 is 1.13 bits per heavy atom. The fraction of sp³-hybridized carbons (Fsp3) is 0.306. The molecule has 7 nitrogen and oxygen atoms in total. The Kier molecular flexibility index (Phi) is 10.2. The van der Waals surface area contributed by atoms with Crippen molar-refractivity contribution in [2.24, 2.45) is 4.99 Å². The van der Waals surface area contributed by atoms with E-state index in [9.17, 15) is 14.3 Å². The number of nitrogens with two attached hydrogens (primary N) is 1. The monoisotopic (exact) mass is 664 g/mol. The van der Waals surface area contributed by atoms with Gasteiger partial charge in [0.25, 0.3) is 5.91 Å². The quantitative estimate of drug-likeness (QED) is 0.0823. The number of aromatic nitrogens is 1. The molecule has 4 N–H and O–H groups in total. The molecule has 5 rings (SSSR count). The highest BCUT2D eigenvalue weighted by atomic mass is 35.5. The number of halogens is 4. The van der Waals surface area contributed by atoms with E-state index in [1.165, 1.54) is 19.2 Å². The predicted molar refractivity (Wildman–Crippen MR) is 178 cm³/mol. The van der Waals surface area contributed by atoms with Gasteiger partial charge in [-0.2, -0.15) is 0 Å². The van der Waals surface area contributed by atoms with Crippen LogP contribution in [0.15, 0.2) is 65.7 Å². The molecule has 1 unspecified atom stereocenters. The Labute approximate surface area is 276 Å². The van der Waals surface area contributed by atoms with Crippen LogP contribution in [0.5, 0.6) is 5.75 Å². The Morgan fingerprint density at radius 2 is 1.83 bits per heavy atom. The fourth-order valence-corrected chi connectivity index (χ4v) is 5.58. The SMILES string of the molecule is CCC(O)(CC)c1cc(C(CNC(=O)c2cc(C=NC3CC3)c(N)c(OC)c2)c2ccccc2)nc(-c2cc(Cl)c(F)cc2F)c1F. The fourth-order valence-electron chi connectivity index (χ4n) is 5.42. The molecule has 1 aliphatic carbocycles. The van der Waals surface area contributed by atoms with E-state index in [-0.39, 0.29) is 47.8 Å². The summed E-state index contributed by atoms with van der Waals surface area (Å²) in [6, 6.07) is 15.5. The second kappa shape index (κ2) is 14.1. The maximum atomic E-state index is 16.3. The molecule has 1 atom stereocenters. The highest BCUT2D eigenvalue weighted by Gasteiger charge is 2.33. The number of aliphatic hydroxyl groups is 1. The minimum atomic E-state index is -1.62. The molecule has 1 aromatic heterocycles. The lowest BCUT2D eigenvalue weighted by Gasteiger charge is -2.29. The molecule has 0 saturated heterocycles. The summed E-state index contributed by atoms with van der Waals surface area (Å²) < 4.78 is 50.9. The first-order valence-electron chi connectivity index (χ1n) is 15.4. The number of methoxy groups -OCH3 is 1. The zero-order valence-corrected chi connectivity index (χ0v) is 27.0. The lowest BCUT2D eigenvalue weighted by Crippen LogP contribution is -2.31. The molecule has 246 valence electrons. The second-order valence-corrected chi connectivity index (χ2v) is 12.0. The predicted octanol–water partition coefficient (Wildman–Crippen LogP) is 7.56. The number of benzene rings is 3. The largest absolute Gasteiger partial charge is 0.495 e. The van der Waals surface area contributed by atoms with Crippen LogP contribution < -0.4 is 15.8 Å². The van der Waals surface area contributed by atoms with E-state index in [4.69, 9.17) is 22.1 Å². The van der Waals surface area contributed by atoms with E-state index in [2.05, 4.69) is 15.3 Å². The zero-order chi connectivity index (χ0) is 33.9. The number of amides is 1. The van der Waals surface area contributed by atoms with E-state index in [1.54, 1.807) is 38.3 Å². The number of ether oxygens (including phenoxy) is 1. The van der Waals surface area contributed by atoms with Crippen molar-refractivity contribution in [2.45, 2.75) is 57.1 Å². The number of nitrogen functional groups attached to an aromatic ring is 1. The van der Waals surface area contributed by atoms with Crippen molar-refractivity contribution in [3.05, 3.63) is 111 Å². The number of carbonyl (C=O) groups excluding carboxylic acids is 1. The minimum absolute atomic E-state index is 0.0120. The van der Waals surface area contributed by atoms with Crippen LogP contribution in [0.25, 0.3) is 11.3 Å². The van der Waals surface area contributed by atoms with Crippen LogP contribution in [0.2, 0.25) is 5.02 Å². The minimum Gasteiger partial charge on any atom is -0.495 e. The zero-order valence-electron chi connectivity index (χ0n) is 26.3. The van der Waals surface area contributed by atoms with Crippen molar-refractivity contribution >= 4 is 29.4 Å². The van der Waals surface area contributed by atoms with Gasteiger partial charge in [-0.05, 0) is 55.5 Å². The van der Waals surface area contributed by atoms with Gasteiger partial charge in [0.05, 0.1) is 35.2 Å². The Hall–Kier alpha value is -4.41. The van der Waals surface area contributed by atoms with Crippen LogP contribution in [0.1, 0.15) is 78.2 Å². The first-order chi connectivity index (χ1) is 22.5. The normalized spacial score (nSPS) is 14.0. The van der Waals surface area contributed by atoms with E-state index < -0.39 is 45.6 Å². The topological polar surface area (TPSA) is 110 Å². The summed E-state index contributed by atoms with van der Waals surface area (Å²) in [5.41, 5.74) is 5.88. The number of nitrogens with zero attached hydrogens (tertiary/aromatic N) is 2. The van der Waals surface area contributed by atoms with Gasteiger partial charge in [-0.3, -0.25) is 9.79 Å². The van der Waals surface area contributed by atoms with Gasteiger partial charge < -0.3 is 20.9 Å². The van der Waals surface area contributed by atoms with Gasteiger partial charge in [0.2, 0.25) is 0 Å². The molecule has 0 aliphatic heterocycles. The van der Waals surface area contributed by atoms with Gasteiger partial charge in [0.1, 0.15) is 23.1 Å². The third-order valence-electron chi connectivity index (χ3n) is 8.57. The van der Waals surface area contributed by atoms with Crippen molar-refractivity contribution in [2.75, 3.05) is 19.4 Å². The Morgan fingerprint density at radius 3 is 2.47 bits per heavy atom. The van der Waals surface area contributed by atoms with Gasteiger partial charge in [0.15, 0.2) is 5.82 Å².